The zero-order valence-electron chi connectivity index (χ0n) is 6.25. The Labute approximate surface area is 75.2 Å². The Bertz CT molecular complexity index is 273. The van der Waals surface area contributed by atoms with Crippen molar-refractivity contribution < 1.29 is 9.18 Å². The maximum absolute atomic E-state index is 12.4. The molecule has 0 aliphatic rings. The molecule has 1 amide bonds. The molecule has 0 bridgehead atoms. The summed E-state index contributed by atoms with van der Waals surface area (Å²) in [6.45, 7) is 0. The van der Waals surface area contributed by atoms with Gasteiger partial charge in [0.1, 0.15) is 5.82 Å². The fourth-order valence-electron chi connectivity index (χ4n) is 0.734. The number of hydrogen-bond acceptors (Lipinski definition) is 2. The third-order valence-corrected chi connectivity index (χ3v) is 1.56. The first-order valence-electron chi connectivity index (χ1n) is 3.38. The molecule has 0 fully saturated rings. The van der Waals surface area contributed by atoms with Crippen molar-refractivity contribution in [2.75, 3.05) is 11.1 Å². The van der Waals surface area contributed by atoms with Crippen molar-refractivity contribution in [1.82, 2.24) is 0 Å². The van der Waals surface area contributed by atoms with Gasteiger partial charge in [-0.2, -0.15) is 12.6 Å². The molecule has 0 heterocycles. The van der Waals surface area contributed by atoms with E-state index in [0.29, 0.717) is 5.69 Å². The molecular weight excluding hydrogens is 177 g/mol. The molecule has 1 aromatic rings. The molecule has 0 unspecified atom stereocenters. The first-order chi connectivity index (χ1) is 5.72. The molecule has 2 nitrogen and oxygen atoms in total. The SMILES string of the molecule is O=C(CS)Nc1ccc(F)cc1. The number of benzene rings is 1. The summed E-state index contributed by atoms with van der Waals surface area (Å²) in [5.41, 5.74) is 0.579. The first kappa shape index (κ1) is 9.06. The lowest BCUT2D eigenvalue weighted by Gasteiger charge is -2.01. The first-order valence-corrected chi connectivity index (χ1v) is 4.02. The number of rotatable bonds is 2. The summed E-state index contributed by atoms with van der Waals surface area (Å²) < 4.78 is 12.4. The van der Waals surface area contributed by atoms with Crippen LogP contribution in [-0.2, 0) is 4.79 Å². The zero-order valence-corrected chi connectivity index (χ0v) is 7.14. The summed E-state index contributed by atoms with van der Waals surface area (Å²) in [5.74, 6) is -0.402. The van der Waals surface area contributed by atoms with Gasteiger partial charge in [-0.05, 0) is 24.3 Å². The highest BCUT2D eigenvalue weighted by atomic mass is 32.1. The molecule has 1 aromatic carbocycles. The number of halogens is 1. The van der Waals surface area contributed by atoms with E-state index in [2.05, 4.69) is 17.9 Å². The Morgan fingerprint density at radius 2 is 2.00 bits per heavy atom. The molecule has 0 saturated heterocycles. The van der Waals surface area contributed by atoms with Gasteiger partial charge >= 0.3 is 0 Å². The van der Waals surface area contributed by atoms with Gasteiger partial charge in [0.05, 0.1) is 5.75 Å². The number of hydrogen-bond donors (Lipinski definition) is 2. The smallest absolute Gasteiger partial charge is 0.234 e. The lowest BCUT2D eigenvalue weighted by molar-refractivity contribution is -0.113. The van der Waals surface area contributed by atoms with Crippen LogP contribution in [-0.4, -0.2) is 11.7 Å². The molecule has 0 radical (unpaired) electrons. The van der Waals surface area contributed by atoms with E-state index in [4.69, 9.17) is 0 Å². The normalized spacial score (nSPS) is 9.50. The van der Waals surface area contributed by atoms with Crippen LogP contribution in [0.4, 0.5) is 10.1 Å². The average molecular weight is 185 g/mol. The van der Waals surface area contributed by atoms with E-state index in [0.717, 1.165) is 0 Å². The molecule has 1 N–H and O–H groups in total. The second-order valence-corrected chi connectivity index (χ2v) is 2.53. The second kappa shape index (κ2) is 4.11. The Morgan fingerprint density at radius 1 is 1.42 bits per heavy atom. The average Bonchev–Trinajstić information content (AvgIpc) is 2.09. The molecule has 64 valence electrons. The van der Waals surface area contributed by atoms with Gasteiger partial charge in [0.25, 0.3) is 0 Å². The topological polar surface area (TPSA) is 29.1 Å². The van der Waals surface area contributed by atoms with Crippen molar-refractivity contribution >= 4 is 24.2 Å². The lowest BCUT2D eigenvalue weighted by Crippen LogP contribution is -2.12. The standard InChI is InChI=1S/C8H8FNOS/c9-6-1-3-7(4-2-6)10-8(11)5-12/h1-4,12H,5H2,(H,10,11). The third kappa shape index (κ3) is 2.54. The van der Waals surface area contributed by atoms with Crippen LogP contribution in [0.5, 0.6) is 0 Å². The number of carbonyl (C=O) groups excluding carboxylic acids is 1. The number of thiol groups is 1. The quantitative estimate of drug-likeness (QED) is 0.674. The molecule has 0 aromatic heterocycles. The van der Waals surface area contributed by atoms with Crippen molar-refractivity contribution in [3.63, 3.8) is 0 Å². The fraction of sp³-hybridized carbons (Fsp3) is 0.125. The molecule has 0 aliphatic heterocycles. The molecule has 0 atom stereocenters. The van der Waals surface area contributed by atoms with Gasteiger partial charge in [-0.15, -0.1) is 0 Å². The van der Waals surface area contributed by atoms with Gasteiger partial charge in [-0.3, -0.25) is 4.79 Å². The predicted octanol–water partition coefficient (Wildman–Crippen LogP) is 1.69. The minimum absolute atomic E-state index is 0.122. The predicted molar refractivity (Wildman–Crippen MR) is 48.9 cm³/mol. The van der Waals surface area contributed by atoms with Crippen molar-refractivity contribution in [2.24, 2.45) is 0 Å². The van der Waals surface area contributed by atoms with E-state index in [1.165, 1.54) is 24.3 Å². The molecule has 4 heteroatoms. The fourth-order valence-corrected chi connectivity index (χ4v) is 0.813. The number of amides is 1. The molecule has 1 rings (SSSR count). The molecule has 0 spiro atoms. The summed E-state index contributed by atoms with van der Waals surface area (Å²) in [5, 5.41) is 2.54. The maximum atomic E-state index is 12.4. The summed E-state index contributed by atoms with van der Waals surface area (Å²) >= 11 is 3.78. The van der Waals surface area contributed by atoms with Gasteiger partial charge < -0.3 is 5.32 Å². The van der Waals surface area contributed by atoms with E-state index >= 15 is 0 Å². The summed E-state index contributed by atoms with van der Waals surface area (Å²) in [6, 6.07) is 5.57. The highest BCUT2D eigenvalue weighted by Gasteiger charge is 1.97. The van der Waals surface area contributed by atoms with E-state index in [1.54, 1.807) is 0 Å². The van der Waals surface area contributed by atoms with Crippen LogP contribution < -0.4 is 5.32 Å². The summed E-state index contributed by atoms with van der Waals surface area (Å²) in [6.07, 6.45) is 0. The van der Waals surface area contributed by atoms with Crippen LogP contribution in [0.25, 0.3) is 0 Å². The van der Waals surface area contributed by atoms with Crippen LogP contribution in [0.15, 0.2) is 24.3 Å². The Balaban J connectivity index is 2.64. The van der Waals surface area contributed by atoms with Crippen molar-refractivity contribution in [1.29, 1.82) is 0 Å². The summed E-state index contributed by atoms with van der Waals surface area (Å²) in [7, 11) is 0. The van der Waals surface area contributed by atoms with E-state index in [-0.39, 0.29) is 17.5 Å². The Morgan fingerprint density at radius 3 is 2.50 bits per heavy atom. The van der Waals surface area contributed by atoms with Gasteiger partial charge in [-0.1, -0.05) is 0 Å². The minimum atomic E-state index is -0.320. The van der Waals surface area contributed by atoms with Crippen molar-refractivity contribution in [2.45, 2.75) is 0 Å². The second-order valence-electron chi connectivity index (χ2n) is 2.21. The molecule has 0 aliphatic carbocycles. The monoisotopic (exact) mass is 185 g/mol. The minimum Gasteiger partial charge on any atom is -0.325 e. The van der Waals surface area contributed by atoms with E-state index in [9.17, 15) is 9.18 Å². The number of nitrogens with one attached hydrogen (secondary N) is 1. The molecule has 12 heavy (non-hydrogen) atoms. The maximum Gasteiger partial charge on any atom is 0.234 e. The highest BCUT2D eigenvalue weighted by molar-refractivity contribution is 7.81. The molecular formula is C8H8FNOS. The van der Waals surface area contributed by atoms with E-state index < -0.39 is 0 Å². The van der Waals surface area contributed by atoms with Gasteiger partial charge in [-0.25, -0.2) is 4.39 Å². The van der Waals surface area contributed by atoms with Gasteiger partial charge in [0.2, 0.25) is 5.91 Å². The molecule has 0 saturated carbocycles. The van der Waals surface area contributed by atoms with Crippen molar-refractivity contribution in [3.05, 3.63) is 30.1 Å². The van der Waals surface area contributed by atoms with Crippen LogP contribution >= 0.6 is 12.6 Å². The van der Waals surface area contributed by atoms with E-state index in [1.807, 2.05) is 0 Å². The number of carbonyl (C=O) groups is 1. The van der Waals surface area contributed by atoms with Gasteiger partial charge in [0.15, 0.2) is 0 Å². The zero-order chi connectivity index (χ0) is 8.97. The third-order valence-electron chi connectivity index (χ3n) is 1.27. The Kier molecular flexibility index (Phi) is 3.10. The highest BCUT2D eigenvalue weighted by Crippen LogP contribution is 2.07. The van der Waals surface area contributed by atoms with Crippen LogP contribution in [0.3, 0.4) is 0 Å². The summed E-state index contributed by atoms with van der Waals surface area (Å²) in [4.78, 5) is 10.8. The van der Waals surface area contributed by atoms with Gasteiger partial charge in [0, 0.05) is 5.69 Å². The van der Waals surface area contributed by atoms with Crippen LogP contribution in [0.1, 0.15) is 0 Å². The largest absolute Gasteiger partial charge is 0.325 e. The van der Waals surface area contributed by atoms with Crippen molar-refractivity contribution in [3.8, 4) is 0 Å². The Hall–Kier alpha value is -1.03. The van der Waals surface area contributed by atoms with Crippen LogP contribution in [0.2, 0.25) is 0 Å². The lowest BCUT2D eigenvalue weighted by atomic mass is 10.3. The van der Waals surface area contributed by atoms with Crippen LogP contribution in [0, 0.1) is 5.82 Å². The number of anilines is 1.